The van der Waals surface area contributed by atoms with Gasteiger partial charge >= 0.3 is 0 Å². The Morgan fingerprint density at radius 2 is 1.63 bits per heavy atom. The predicted octanol–water partition coefficient (Wildman–Crippen LogP) is 6.32. The largest absolute Gasteiger partial charge is 0.490 e. The predicted molar refractivity (Wildman–Crippen MR) is 139 cm³/mol. The van der Waals surface area contributed by atoms with Gasteiger partial charge in [0.05, 0.1) is 25.5 Å². The van der Waals surface area contributed by atoms with Gasteiger partial charge in [-0.3, -0.25) is 9.78 Å². The molecule has 0 saturated heterocycles. The first-order valence-electron chi connectivity index (χ1n) is 11.5. The van der Waals surface area contributed by atoms with Crippen molar-refractivity contribution in [2.45, 2.75) is 20.8 Å². The lowest BCUT2D eigenvalue weighted by Gasteiger charge is -2.17. The Balaban J connectivity index is 1.58. The second-order valence-corrected chi connectivity index (χ2v) is 8.27. The summed E-state index contributed by atoms with van der Waals surface area (Å²) in [6, 6.07) is 14.8. The molecule has 0 unspecified atom stereocenters. The molecule has 2 aromatic carbocycles. The van der Waals surface area contributed by atoms with E-state index in [1.807, 2.05) is 62.5 Å². The summed E-state index contributed by atoms with van der Waals surface area (Å²) >= 11 is 1.55. The third-order valence-corrected chi connectivity index (χ3v) is 5.89. The number of hydrogen-bond donors (Lipinski definition) is 1. The summed E-state index contributed by atoms with van der Waals surface area (Å²) in [4.78, 5) is 22.1. The first kappa shape index (κ1) is 24.2. The fourth-order valence-corrected chi connectivity index (χ4v) is 4.33. The van der Waals surface area contributed by atoms with Crippen molar-refractivity contribution in [3.8, 4) is 39.1 Å². The van der Waals surface area contributed by atoms with Gasteiger partial charge in [0.1, 0.15) is 5.01 Å². The average molecular weight is 490 g/mol. The number of carbonyl (C=O) groups is 1. The minimum absolute atomic E-state index is 0.276. The lowest BCUT2D eigenvalue weighted by molar-refractivity contribution is 0.102. The minimum Gasteiger partial charge on any atom is -0.490 e. The maximum atomic E-state index is 13.1. The number of aromatic nitrogens is 2. The highest BCUT2D eigenvalue weighted by atomic mass is 32.1. The molecule has 8 heteroatoms. The Bertz CT molecular complexity index is 1260. The summed E-state index contributed by atoms with van der Waals surface area (Å²) in [5.74, 6) is 1.18. The fourth-order valence-electron chi connectivity index (χ4n) is 3.51. The molecule has 4 aromatic rings. The van der Waals surface area contributed by atoms with Crippen molar-refractivity contribution in [2.75, 3.05) is 25.1 Å². The number of carbonyl (C=O) groups excluding carboxylic acids is 1. The summed E-state index contributed by atoms with van der Waals surface area (Å²) in [5, 5.41) is 5.86. The molecule has 1 N–H and O–H groups in total. The lowest BCUT2D eigenvalue weighted by Crippen LogP contribution is -2.13. The number of amides is 1. The molecular weight excluding hydrogens is 462 g/mol. The number of ether oxygens (including phenoxy) is 3. The van der Waals surface area contributed by atoms with Crippen LogP contribution in [0.3, 0.4) is 0 Å². The van der Waals surface area contributed by atoms with Gasteiger partial charge in [-0.2, -0.15) is 0 Å². The summed E-state index contributed by atoms with van der Waals surface area (Å²) in [5.41, 5.74) is 3.79. The molecule has 1 amide bonds. The highest BCUT2D eigenvalue weighted by molar-refractivity contribution is 7.13. The summed E-state index contributed by atoms with van der Waals surface area (Å²) in [7, 11) is 0. The topological polar surface area (TPSA) is 82.6 Å². The Morgan fingerprint density at radius 1 is 0.914 bits per heavy atom. The number of nitrogens with one attached hydrogen (secondary N) is 1. The van der Waals surface area contributed by atoms with Crippen molar-refractivity contribution in [3.05, 3.63) is 71.9 Å². The van der Waals surface area contributed by atoms with E-state index in [2.05, 4.69) is 10.3 Å². The zero-order valence-electron chi connectivity index (χ0n) is 19.9. The summed E-state index contributed by atoms with van der Waals surface area (Å²) < 4.78 is 17.2. The number of hydrogen-bond acceptors (Lipinski definition) is 7. The monoisotopic (exact) mass is 489 g/mol. The number of rotatable bonds is 10. The van der Waals surface area contributed by atoms with Crippen LogP contribution in [0.2, 0.25) is 0 Å². The molecule has 0 aliphatic rings. The lowest BCUT2D eigenvalue weighted by atomic mass is 10.1. The van der Waals surface area contributed by atoms with Gasteiger partial charge in [0.2, 0.25) is 5.75 Å². The molecule has 0 aliphatic carbocycles. The van der Waals surface area contributed by atoms with E-state index in [1.54, 1.807) is 35.9 Å². The van der Waals surface area contributed by atoms with Crippen LogP contribution in [0.25, 0.3) is 21.8 Å². The van der Waals surface area contributed by atoms with Crippen LogP contribution in [0, 0.1) is 0 Å². The van der Waals surface area contributed by atoms with E-state index in [-0.39, 0.29) is 5.91 Å². The first-order chi connectivity index (χ1) is 17.1. The van der Waals surface area contributed by atoms with E-state index in [0.29, 0.717) is 48.3 Å². The van der Waals surface area contributed by atoms with E-state index in [4.69, 9.17) is 19.2 Å². The number of thiazole rings is 1. The van der Waals surface area contributed by atoms with Crippen LogP contribution in [0.4, 0.5) is 5.69 Å². The maximum Gasteiger partial charge on any atom is 0.255 e. The molecule has 0 aliphatic heterocycles. The van der Waals surface area contributed by atoms with Gasteiger partial charge in [0.25, 0.3) is 5.91 Å². The van der Waals surface area contributed by atoms with Crippen molar-refractivity contribution >= 4 is 22.9 Å². The number of benzene rings is 2. The van der Waals surface area contributed by atoms with Crippen LogP contribution in [0.5, 0.6) is 17.2 Å². The van der Waals surface area contributed by atoms with Crippen molar-refractivity contribution in [3.63, 3.8) is 0 Å². The van der Waals surface area contributed by atoms with Gasteiger partial charge in [-0.15, -0.1) is 11.3 Å². The Hall–Kier alpha value is -3.91. The third-order valence-electron chi connectivity index (χ3n) is 5.00. The van der Waals surface area contributed by atoms with Crippen LogP contribution >= 0.6 is 11.3 Å². The van der Waals surface area contributed by atoms with Gasteiger partial charge in [0.15, 0.2) is 11.5 Å². The molecule has 4 rings (SSSR count). The molecule has 35 heavy (non-hydrogen) atoms. The van der Waals surface area contributed by atoms with Crippen LogP contribution in [0.15, 0.2) is 66.3 Å². The number of anilines is 1. The van der Waals surface area contributed by atoms with Crippen LogP contribution in [-0.4, -0.2) is 35.7 Å². The molecule has 0 fully saturated rings. The fraction of sp³-hybridized carbons (Fsp3) is 0.222. The molecule has 7 nitrogen and oxygen atoms in total. The first-order valence-corrected chi connectivity index (χ1v) is 12.3. The normalized spacial score (nSPS) is 10.6. The second kappa shape index (κ2) is 11.5. The van der Waals surface area contributed by atoms with Gasteiger partial charge in [-0.1, -0.05) is 12.1 Å². The van der Waals surface area contributed by atoms with Crippen molar-refractivity contribution in [2.24, 2.45) is 0 Å². The van der Waals surface area contributed by atoms with E-state index >= 15 is 0 Å². The molecule has 2 heterocycles. The Labute approximate surface area is 208 Å². The number of nitrogens with zero attached hydrogens (tertiary/aromatic N) is 2. The zero-order valence-corrected chi connectivity index (χ0v) is 20.7. The van der Waals surface area contributed by atoms with E-state index in [0.717, 1.165) is 21.8 Å². The van der Waals surface area contributed by atoms with E-state index < -0.39 is 0 Å². The highest BCUT2D eigenvalue weighted by Gasteiger charge is 2.19. The Kier molecular flexibility index (Phi) is 7.95. The molecule has 0 atom stereocenters. The van der Waals surface area contributed by atoms with Crippen LogP contribution in [-0.2, 0) is 0 Å². The van der Waals surface area contributed by atoms with Crippen LogP contribution < -0.4 is 19.5 Å². The van der Waals surface area contributed by atoms with Gasteiger partial charge in [-0.05, 0) is 57.2 Å². The van der Waals surface area contributed by atoms with Gasteiger partial charge in [-0.25, -0.2) is 4.98 Å². The van der Waals surface area contributed by atoms with E-state index in [9.17, 15) is 4.79 Å². The standard InChI is InChI=1S/C27H27N3O4S/c1-4-32-23-14-20(15-24(33-5-2)25(23)34-6-3)26(31)29-21-11-7-9-18(13-21)22-17-35-27(30-22)19-10-8-12-28-16-19/h7-17H,4-6H2,1-3H3,(H,29,31). The van der Waals surface area contributed by atoms with E-state index in [1.165, 1.54) is 0 Å². The molecular formula is C27H27N3O4S. The zero-order chi connectivity index (χ0) is 24.6. The molecule has 0 bridgehead atoms. The number of pyridine rings is 1. The average Bonchev–Trinajstić information content (AvgIpc) is 3.37. The molecule has 2 aromatic heterocycles. The Morgan fingerprint density at radius 3 is 2.29 bits per heavy atom. The highest BCUT2D eigenvalue weighted by Crippen LogP contribution is 2.39. The SMILES string of the molecule is CCOc1cc(C(=O)Nc2cccc(-c3csc(-c4cccnc4)n3)c2)cc(OCC)c1OCC. The molecule has 0 spiro atoms. The molecule has 0 radical (unpaired) electrons. The quantitative estimate of drug-likeness (QED) is 0.281. The maximum absolute atomic E-state index is 13.1. The van der Waals surface area contributed by atoms with Crippen molar-refractivity contribution < 1.29 is 19.0 Å². The summed E-state index contributed by atoms with van der Waals surface area (Å²) in [6.07, 6.45) is 3.53. The smallest absolute Gasteiger partial charge is 0.255 e. The summed E-state index contributed by atoms with van der Waals surface area (Å²) in [6.45, 7) is 6.98. The molecule has 180 valence electrons. The van der Waals surface area contributed by atoms with Gasteiger partial charge < -0.3 is 19.5 Å². The van der Waals surface area contributed by atoms with Crippen LogP contribution in [0.1, 0.15) is 31.1 Å². The van der Waals surface area contributed by atoms with Crippen molar-refractivity contribution in [1.29, 1.82) is 0 Å². The third kappa shape index (κ3) is 5.78. The molecule has 0 saturated carbocycles. The minimum atomic E-state index is -0.276. The second-order valence-electron chi connectivity index (χ2n) is 7.42. The van der Waals surface area contributed by atoms with Gasteiger partial charge in [0, 0.05) is 40.2 Å². The van der Waals surface area contributed by atoms with Crippen molar-refractivity contribution in [1.82, 2.24) is 9.97 Å².